The zero-order valence-corrected chi connectivity index (χ0v) is 28.5. The smallest absolute Gasteiger partial charge is 0.121 e. The average Bonchev–Trinajstić information content (AvgIpc) is 3.55. The van der Waals surface area contributed by atoms with Gasteiger partial charge in [0.05, 0.1) is 5.58 Å². The van der Waals surface area contributed by atoms with Crippen LogP contribution in [0.25, 0.3) is 66.0 Å². The van der Waals surface area contributed by atoms with Gasteiger partial charge in [-0.1, -0.05) is 84.8 Å². The van der Waals surface area contributed by atoms with Gasteiger partial charge in [-0.3, -0.25) is 0 Å². The summed E-state index contributed by atoms with van der Waals surface area (Å²) in [6.07, 6.45) is 7.07. The van der Waals surface area contributed by atoms with E-state index in [1.807, 2.05) is 42.5 Å². The van der Waals surface area contributed by atoms with Crippen LogP contribution in [0.15, 0.2) is 120 Å². The summed E-state index contributed by atoms with van der Waals surface area (Å²) in [5.41, 5.74) is 5.31. The Morgan fingerprint density at radius 2 is 1.56 bits per heavy atom. The molecule has 0 saturated heterocycles. The fraction of sp³-hybridized carbons (Fsp3) is 0.182. The molecule has 0 bridgehead atoms. The molecular weight excluding hydrogens is 765 g/mol. The van der Waals surface area contributed by atoms with Gasteiger partial charge < -0.3 is 14.4 Å². The maximum absolute atomic E-state index is 9.23. The third-order valence-corrected chi connectivity index (χ3v) is 9.04. The van der Waals surface area contributed by atoms with Gasteiger partial charge in [0, 0.05) is 47.5 Å². The van der Waals surface area contributed by atoms with Gasteiger partial charge in [0.1, 0.15) is 5.58 Å². The van der Waals surface area contributed by atoms with E-state index in [9.17, 15) is 1.37 Å². The molecule has 239 valence electrons. The van der Waals surface area contributed by atoms with Crippen LogP contribution in [0.4, 0.5) is 0 Å². The molecule has 0 N–H and O–H groups in total. The minimum Gasteiger partial charge on any atom is -0.501 e. The fourth-order valence-corrected chi connectivity index (χ4v) is 6.67. The van der Waals surface area contributed by atoms with Crippen molar-refractivity contribution in [3.63, 3.8) is 0 Å². The normalized spacial score (nSPS) is 16.7. The van der Waals surface area contributed by atoms with Crippen LogP contribution >= 0.6 is 0 Å². The van der Waals surface area contributed by atoms with Gasteiger partial charge in [-0.05, 0) is 94.2 Å². The van der Waals surface area contributed by atoms with Crippen LogP contribution in [0.2, 0.25) is 0 Å². The summed E-state index contributed by atoms with van der Waals surface area (Å²) in [4.78, 5) is 8.71. The van der Waals surface area contributed by atoms with E-state index >= 15 is 0 Å². The van der Waals surface area contributed by atoms with Gasteiger partial charge in [-0.15, -0.1) is 54.1 Å². The van der Waals surface area contributed by atoms with Crippen LogP contribution in [-0.4, -0.2) is 9.97 Å². The molecule has 0 unspecified atom stereocenters. The van der Waals surface area contributed by atoms with Crippen LogP contribution in [0, 0.1) is 25.8 Å². The van der Waals surface area contributed by atoms with E-state index in [-0.39, 0.29) is 31.2 Å². The first-order valence-electron chi connectivity index (χ1n) is 19.5. The van der Waals surface area contributed by atoms with Crippen LogP contribution < -0.4 is 0 Å². The number of rotatable bonds is 3. The quantitative estimate of drug-likeness (QED) is 0.132. The van der Waals surface area contributed by atoms with Crippen LogP contribution in [0.3, 0.4) is 0 Å². The van der Waals surface area contributed by atoms with Crippen LogP contribution in [-0.2, 0) is 20.1 Å². The fourth-order valence-electron chi connectivity index (χ4n) is 6.67. The number of furan rings is 1. The van der Waals surface area contributed by atoms with Crippen molar-refractivity contribution in [2.75, 3.05) is 0 Å². The van der Waals surface area contributed by atoms with Crippen LogP contribution in [0.5, 0.6) is 0 Å². The van der Waals surface area contributed by atoms with E-state index in [0.717, 1.165) is 57.6 Å². The van der Waals surface area contributed by atoms with Gasteiger partial charge >= 0.3 is 0 Å². The first kappa shape index (κ1) is 24.5. The minimum absolute atomic E-state index is 0. The number of benzene rings is 5. The number of nitrogens with zero attached hydrogens (tertiary/aromatic N) is 2. The Balaban J connectivity index is 0.000000231. The second-order valence-corrected chi connectivity index (χ2v) is 12.0. The van der Waals surface area contributed by atoms with Crippen molar-refractivity contribution < 1.29 is 34.1 Å². The van der Waals surface area contributed by atoms with E-state index < -0.39 is 19.6 Å². The molecule has 8 aromatic rings. The van der Waals surface area contributed by atoms with E-state index in [0.29, 0.717) is 35.2 Å². The number of hydrogen-bond donors (Lipinski definition) is 0. The molecule has 9 rings (SSSR count). The predicted octanol–water partition coefficient (Wildman–Crippen LogP) is 12.0. The zero-order valence-electron chi connectivity index (χ0n) is 33.1. The van der Waals surface area contributed by atoms with E-state index in [4.69, 9.17) is 12.6 Å². The van der Waals surface area contributed by atoms with Crippen molar-refractivity contribution >= 4 is 43.5 Å². The average molecular weight is 808 g/mol. The number of pyridine rings is 2. The summed E-state index contributed by atoms with van der Waals surface area (Å²) in [7, 11) is 0. The number of hydrogen-bond acceptors (Lipinski definition) is 3. The maximum Gasteiger partial charge on any atom is 0.121 e. The van der Waals surface area contributed by atoms with Crippen molar-refractivity contribution in [2.45, 2.75) is 51.7 Å². The molecule has 5 aromatic carbocycles. The molecule has 1 radical (unpaired) electrons. The van der Waals surface area contributed by atoms with Crippen molar-refractivity contribution in [1.82, 2.24) is 9.97 Å². The summed E-state index contributed by atoms with van der Waals surface area (Å²) in [5, 5.41) is 6.62. The van der Waals surface area contributed by atoms with Crippen molar-refractivity contribution in [2.24, 2.45) is 0 Å². The third kappa shape index (κ3) is 6.19. The van der Waals surface area contributed by atoms with Crippen molar-refractivity contribution in [3.8, 4) is 22.5 Å². The van der Waals surface area contributed by atoms with Gasteiger partial charge in [-0.2, -0.15) is 0 Å². The first-order chi connectivity index (χ1) is 25.9. The van der Waals surface area contributed by atoms with Crippen molar-refractivity contribution in [3.05, 3.63) is 144 Å². The first-order valence-corrected chi connectivity index (χ1v) is 16.0. The Morgan fingerprint density at radius 1 is 0.708 bits per heavy atom. The molecule has 4 heteroatoms. The van der Waals surface area contributed by atoms with Crippen LogP contribution in [0.1, 0.15) is 64.3 Å². The largest absolute Gasteiger partial charge is 0.501 e. The number of aryl methyl sites for hydroxylation is 2. The molecule has 3 heterocycles. The Kier molecular flexibility index (Phi) is 7.07. The summed E-state index contributed by atoms with van der Waals surface area (Å²) in [5.74, 6) is -0.930. The van der Waals surface area contributed by atoms with Crippen molar-refractivity contribution in [1.29, 1.82) is 0 Å². The van der Waals surface area contributed by atoms with Gasteiger partial charge in [-0.25, -0.2) is 0 Å². The molecule has 3 nitrogen and oxygen atoms in total. The molecule has 3 aromatic heterocycles. The second kappa shape index (κ2) is 13.8. The predicted molar refractivity (Wildman–Crippen MR) is 195 cm³/mol. The SMILES string of the molecule is [2H]C([2H])([2H])c1ccc(-c2[c-]cccc2)nc1.[2H]C([2H])([2H])c1cnc(-c2[c-]ccc3c2oc2cc4c(ccc5ccccc54)cc23)cc1C1([2H])CCCCC1.[Ir]. The van der Waals surface area contributed by atoms with E-state index in [1.165, 1.54) is 23.2 Å². The maximum atomic E-state index is 9.23. The second-order valence-electron chi connectivity index (χ2n) is 12.0. The molecule has 1 aliphatic carbocycles. The third-order valence-electron chi connectivity index (χ3n) is 9.04. The number of fused-ring (bicyclic) bond motifs is 6. The molecule has 1 fully saturated rings. The zero-order chi connectivity index (χ0) is 37.7. The van der Waals surface area contributed by atoms with E-state index in [2.05, 4.69) is 64.6 Å². The molecule has 1 aliphatic rings. The Hall–Kier alpha value is -4.63. The Bertz CT molecular complexity index is 2630. The topological polar surface area (TPSA) is 38.9 Å². The molecule has 0 spiro atoms. The minimum atomic E-state index is -2.33. The summed E-state index contributed by atoms with van der Waals surface area (Å²) >= 11 is 0. The molecular formula is C44H36IrN2O-2. The summed E-state index contributed by atoms with van der Waals surface area (Å²) in [6.45, 7) is -4.42. The summed E-state index contributed by atoms with van der Waals surface area (Å²) in [6, 6.07) is 39.7. The van der Waals surface area contributed by atoms with E-state index in [1.54, 1.807) is 18.2 Å². The van der Waals surface area contributed by atoms with Gasteiger partial charge in [0.15, 0.2) is 0 Å². The molecule has 1 saturated carbocycles. The van der Waals surface area contributed by atoms with Gasteiger partial charge in [0.25, 0.3) is 0 Å². The summed E-state index contributed by atoms with van der Waals surface area (Å²) < 4.78 is 61.7. The molecule has 48 heavy (non-hydrogen) atoms. The Labute approximate surface area is 305 Å². The Morgan fingerprint density at radius 3 is 2.38 bits per heavy atom. The monoisotopic (exact) mass is 808 g/mol. The molecule has 0 aliphatic heterocycles. The van der Waals surface area contributed by atoms with Gasteiger partial charge in [0.2, 0.25) is 0 Å². The molecule has 0 atom stereocenters. The number of aromatic nitrogens is 2. The molecule has 0 amide bonds. The standard InChI is InChI=1S/C32H26NO.C12H10N.Ir/c1-20-19-33-30(17-27(20)21-8-3-2-4-9-21)26-13-7-12-25-29-16-23-15-14-22-10-5-6-11-24(22)28(23)18-31(29)34-32(25)26;1-10-7-8-12(13-9-10)11-5-3-2-4-6-11;/h5-7,10-12,14-19,21H,2-4,8-9H2,1H3;2-5,7-9H,1H3;/q2*-1;/i1D3,21D;1D3;.